The predicted octanol–water partition coefficient (Wildman–Crippen LogP) is 4.35. The number of likely N-dealkylation sites (tertiary alicyclic amines) is 1. The van der Waals surface area contributed by atoms with Crippen molar-refractivity contribution >= 4 is 10.9 Å². The van der Waals surface area contributed by atoms with E-state index in [4.69, 9.17) is 4.74 Å². The lowest BCUT2D eigenvalue weighted by Crippen LogP contribution is -2.36. The Morgan fingerprint density at radius 2 is 1.71 bits per heavy atom. The number of fused-ring (bicyclic) bond motifs is 1. The molecule has 2 heterocycles. The highest BCUT2D eigenvalue weighted by Gasteiger charge is 2.20. The Hall–Kier alpha value is -2.10. The van der Waals surface area contributed by atoms with Crippen molar-refractivity contribution in [2.75, 3.05) is 13.1 Å². The zero-order valence-corrected chi connectivity index (χ0v) is 13.9. The Kier molecular flexibility index (Phi) is 4.63. The van der Waals surface area contributed by atoms with Gasteiger partial charge in [0.25, 0.3) is 0 Å². The Morgan fingerprint density at radius 1 is 0.958 bits per heavy atom. The number of aromatic nitrogens is 1. The van der Waals surface area contributed by atoms with Crippen molar-refractivity contribution < 1.29 is 4.74 Å². The largest absolute Gasteiger partial charge is 0.373 e. The molecule has 124 valence electrons. The second kappa shape index (κ2) is 7.20. The molecule has 2 aromatic carbocycles. The number of hydrogen-bond acceptors (Lipinski definition) is 2. The zero-order valence-electron chi connectivity index (χ0n) is 13.9. The van der Waals surface area contributed by atoms with Crippen LogP contribution in [0.1, 0.15) is 24.0 Å². The van der Waals surface area contributed by atoms with E-state index in [9.17, 15) is 0 Å². The number of aromatic amines is 1. The van der Waals surface area contributed by atoms with Crippen LogP contribution in [0.5, 0.6) is 0 Å². The molecule has 0 bridgehead atoms. The van der Waals surface area contributed by atoms with Gasteiger partial charge in [0.1, 0.15) is 0 Å². The molecular weight excluding hydrogens is 296 g/mol. The van der Waals surface area contributed by atoms with Crippen LogP contribution in [0.2, 0.25) is 0 Å². The number of benzene rings is 2. The van der Waals surface area contributed by atoms with E-state index in [0.29, 0.717) is 6.10 Å². The minimum absolute atomic E-state index is 0.393. The van der Waals surface area contributed by atoms with Crippen molar-refractivity contribution in [2.24, 2.45) is 0 Å². The van der Waals surface area contributed by atoms with E-state index in [1.165, 1.54) is 22.0 Å². The fraction of sp³-hybridized carbons (Fsp3) is 0.333. The van der Waals surface area contributed by atoms with Crippen molar-refractivity contribution in [3.63, 3.8) is 0 Å². The molecule has 0 atom stereocenters. The highest BCUT2D eigenvalue weighted by Crippen LogP contribution is 2.22. The van der Waals surface area contributed by atoms with Crippen molar-refractivity contribution in [3.05, 3.63) is 71.9 Å². The number of para-hydroxylation sites is 1. The molecule has 0 spiro atoms. The monoisotopic (exact) mass is 320 g/mol. The summed E-state index contributed by atoms with van der Waals surface area (Å²) in [4.78, 5) is 5.91. The first-order valence-electron chi connectivity index (χ1n) is 8.81. The third-order valence-electron chi connectivity index (χ3n) is 4.93. The molecule has 0 aliphatic carbocycles. The zero-order chi connectivity index (χ0) is 16.2. The van der Waals surface area contributed by atoms with Gasteiger partial charge in [-0.3, -0.25) is 4.90 Å². The third-order valence-corrected chi connectivity index (χ3v) is 4.93. The van der Waals surface area contributed by atoms with Gasteiger partial charge in [0.2, 0.25) is 0 Å². The van der Waals surface area contributed by atoms with Crippen LogP contribution in [0.3, 0.4) is 0 Å². The van der Waals surface area contributed by atoms with Gasteiger partial charge in [-0.1, -0.05) is 48.5 Å². The second-order valence-electron chi connectivity index (χ2n) is 6.63. The molecule has 3 aromatic rings. The number of ether oxygens (including phenoxy) is 1. The Morgan fingerprint density at radius 3 is 2.54 bits per heavy atom. The molecule has 0 amide bonds. The first kappa shape index (κ1) is 15.4. The van der Waals surface area contributed by atoms with Crippen LogP contribution in [-0.4, -0.2) is 29.1 Å². The lowest BCUT2D eigenvalue weighted by Gasteiger charge is -2.31. The van der Waals surface area contributed by atoms with Gasteiger partial charge in [0, 0.05) is 36.7 Å². The first-order chi connectivity index (χ1) is 11.9. The Bertz CT molecular complexity index is 773. The van der Waals surface area contributed by atoms with Crippen molar-refractivity contribution in [1.29, 1.82) is 0 Å². The Balaban J connectivity index is 1.28. The lowest BCUT2D eigenvalue weighted by atomic mass is 10.1. The van der Waals surface area contributed by atoms with Gasteiger partial charge in [-0.05, 0) is 30.0 Å². The van der Waals surface area contributed by atoms with Crippen LogP contribution in [0.25, 0.3) is 10.9 Å². The molecule has 1 saturated heterocycles. The van der Waals surface area contributed by atoms with Crippen molar-refractivity contribution in [1.82, 2.24) is 9.88 Å². The van der Waals surface area contributed by atoms with Crippen LogP contribution in [0, 0.1) is 0 Å². The average molecular weight is 320 g/mol. The molecule has 24 heavy (non-hydrogen) atoms. The number of nitrogens with one attached hydrogen (secondary N) is 1. The summed E-state index contributed by atoms with van der Waals surface area (Å²) < 4.78 is 6.09. The topological polar surface area (TPSA) is 28.3 Å². The second-order valence-corrected chi connectivity index (χ2v) is 6.63. The maximum Gasteiger partial charge on any atom is 0.0720 e. The van der Waals surface area contributed by atoms with Gasteiger partial charge in [0.15, 0.2) is 0 Å². The number of H-pyrrole nitrogens is 1. The number of nitrogens with zero attached hydrogens (tertiary/aromatic N) is 1. The Labute approximate surface area is 143 Å². The van der Waals surface area contributed by atoms with E-state index in [2.05, 4.69) is 64.6 Å². The quantitative estimate of drug-likeness (QED) is 0.757. The summed E-state index contributed by atoms with van der Waals surface area (Å²) in [5, 5.41) is 1.35. The van der Waals surface area contributed by atoms with Crippen LogP contribution < -0.4 is 0 Å². The molecule has 1 fully saturated rings. The molecule has 0 radical (unpaired) electrons. The van der Waals surface area contributed by atoms with E-state index >= 15 is 0 Å². The van der Waals surface area contributed by atoms with Crippen LogP contribution in [0.15, 0.2) is 60.8 Å². The normalized spacial score (nSPS) is 16.7. The van der Waals surface area contributed by atoms with Gasteiger partial charge >= 0.3 is 0 Å². The smallest absolute Gasteiger partial charge is 0.0720 e. The van der Waals surface area contributed by atoms with Crippen LogP contribution >= 0.6 is 0 Å². The minimum atomic E-state index is 0.393. The molecular formula is C21H24N2O. The molecule has 1 aliphatic rings. The molecule has 4 rings (SSSR count). The SMILES string of the molecule is c1ccc(COC2CCN(Cc3c[nH]c4ccccc34)CC2)cc1. The highest BCUT2D eigenvalue weighted by atomic mass is 16.5. The maximum absolute atomic E-state index is 6.09. The van der Waals surface area contributed by atoms with Gasteiger partial charge in [-0.25, -0.2) is 0 Å². The van der Waals surface area contributed by atoms with Gasteiger partial charge in [-0.2, -0.15) is 0 Å². The molecule has 0 saturated carbocycles. The summed E-state index contributed by atoms with van der Waals surface area (Å²) in [7, 11) is 0. The number of rotatable bonds is 5. The van der Waals surface area contributed by atoms with E-state index < -0.39 is 0 Å². The number of hydrogen-bond donors (Lipinski definition) is 1. The summed E-state index contributed by atoms with van der Waals surface area (Å²) in [6.07, 6.45) is 4.79. The van der Waals surface area contributed by atoms with Gasteiger partial charge in [0.05, 0.1) is 12.7 Å². The summed E-state index contributed by atoms with van der Waals surface area (Å²) >= 11 is 0. The van der Waals surface area contributed by atoms with Gasteiger partial charge < -0.3 is 9.72 Å². The summed E-state index contributed by atoms with van der Waals surface area (Å²) in [6, 6.07) is 19.0. The van der Waals surface area contributed by atoms with Crippen LogP contribution in [-0.2, 0) is 17.9 Å². The van der Waals surface area contributed by atoms with E-state index in [1.807, 2.05) is 6.07 Å². The average Bonchev–Trinajstić information content (AvgIpc) is 3.05. The fourth-order valence-corrected chi connectivity index (χ4v) is 3.53. The van der Waals surface area contributed by atoms with Crippen molar-refractivity contribution in [2.45, 2.75) is 32.1 Å². The third kappa shape index (κ3) is 3.53. The molecule has 1 N–H and O–H groups in total. The fourth-order valence-electron chi connectivity index (χ4n) is 3.53. The first-order valence-corrected chi connectivity index (χ1v) is 8.81. The van der Waals surface area contributed by atoms with Crippen molar-refractivity contribution in [3.8, 4) is 0 Å². The van der Waals surface area contributed by atoms with E-state index in [1.54, 1.807) is 0 Å². The van der Waals surface area contributed by atoms with Crippen LogP contribution in [0.4, 0.5) is 0 Å². The van der Waals surface area contributed by atoms with E-state index in [-0.39, 0.29) is 0 Å². The van der Waals surface area contributed by atoms with E-state index in [0.717, 1.165) is 39.1 Å². The molecule has 3 heteroatoms. The molecule has 1 aliphatic heterocycles. The summed E-state index contributed by atoms with van der Waals surface area (Å²) in [5.74, 6) is 0. The standard InChI is InChI=1S/C21H24N2O/c1-2-6-17(7-3-1)16-24-19-10-12-23(13-11-19)15-18-14-22-21-9-5-4-8-20(18)21/h1-9,14,19,22H,10-13,15-16H2. The predicted molar refractivity (Wildman–Crippen MR) is 97.8 cm³/mol. The molecule has 0 unspecified atom stereocenters. The van der Waals surface area contributed by atoms with Gasteiger partial charge in [-0.15, -0.1) is 0 Å². The minimum Gasteiger partial charge on any atom is -0.373 e. The molecule has 1 aromatic heterocycles. The number of piperidine rings is 1. The highest BCUT2D eigenvalue weighted by molar-refractivity contribution is 5.82. The summed E-state index contributed by atoms with van der Waals surface area (Å²) in [6.45, 7) is 3.97. The molecule has 3 nitrogen and oxygen atoms in total. The lowest BCUT2D eigenvalue weighted by molar-refractivity contribution is -0.00387. The summed E-state index contributed by atoms with van der Waals surface area (Å²) in [5.41, 5.74) is 3.89. The maximum atomic E-state index is 6.09.